The molecule has 5 rings (SSSR count). The molecule has 0 aliphatic carbocycles. The summed E-state index contributed by atoms with van der Waals surface area (Å²) in [6.07, 6.45) is 0.910. The molecule has 0 aliphatic heterocycles. The molecule has 1 heterocycles. The van der Waals surface area contributed by atoms with Gasteiger partial charge in [0, 0.05) is 11.3 Å². The smallest absolute Gasteiger partial charge is 0.257 e. The molecule has 190 valence electrons. The van der Waals surface area contributed by atoms with Gasteiger partial charge in [0.2, 0.25) is 5.89 Å². The highest BCUT2D eigenvalue weighted by atomic mass is 35.5. The van der Waals surface area contributed by atoms with Crippen LogP contribution in [-0.2, 0) is 13.0 Å². The lowest BCUT2D eigenvalue weighted by Crippen LogP contribution is -2.34. The standard InChI is InChI=1S/C30H24ClN3O3S/c1-2-19-8-15-27-26(16-19)33-29(37-27)24-17-22(11-14-25(24)31)32-30(38)34-28(35)21-9-12-23(13-10-21)36-18-20-6-4-3-5-7-20/h3-17H,2,18H2,1H3,(H2,32,34,35,38). The van der Waals surface area contributed by atoms with E-state index in [4.69, 9.17) is 33.0 Å². The summed E-state index contributed by atoms with van der Waals surface area (Å²) in [6, 6.07) is 28.0. The number of amides is 1. The van der Waals surface area contributed by atoms with Crippen molar-refractivity contribution >= 4 is 51.6 Å². The minimum atomic E-state index is -0.336. The van der Waals surface area contributed by atoms with Crippen LogP contribution in [0.15, 0.2) is 95.4 Å². The molecule has 6 nitrogen and oxygen atoms in total. The molecular formula is C30H24ClN3O3S. The van der Waals surface area contributed by atoms with Gasteiger partial charge in [0.15, 0.2) is 10.7 Å². The van der Waals surface area contributed by atoms with Gasteiger partial charge in [-0.3, -0.25) is 10.1 Å². The molecule has 4 aromatic carbocycles. The molecule has 5 aromatic rings. The minimum absolute atomic E-state index is 0.151. The summed E-state index contributed by atoms with van der Waals surface area (Å²) < 4.78 is 11.7. The Kier molecular flexibility index (Phi) is 7.67. The number of carbonyl (C=O) groups is 1. The molecule has 1 amide bonds. The summed E-state index contributed by atoms with van der Waals surface area (Å²) in [4.78, 5) is 17.3. The average molecular weight is 542 g/mol. The van der Waals surface area contributed by atoms with Gasteiger partial charge < -0.3 is 14.5 Å². The van der Waals surface area contributed by atoms with Crippen LogP contribution in [0.2, 0.25) is 5.02 Å². The number of aromatic nitrogens is 1. The fraction of sp³-hybridized carbons (Fsp3) is 0.100. The van der Waals surface area contributed by atoms with E-state index in [-0.39, 0.29) is 11.0 Å². The van der Waals surface area contributed by atoms with E-state index in [1.54, 1.807) is 42.5 Å². The van der Waals surface area contributed by atoms with E-state index in [2.05, 4.69) is 22.5 Å². The fourth-order valence-corrected chi connectivity index (χ4v) is 4.27. The van der Waals surface area contributed by atoms with Crippen LogP contribution >= 0.6 is 23.8 Å². The highest BCUT2D eigenvalue weighted by Gasteiger charge is 2.14. The van der Waals surface area contributed by atoms with Crippen LogP contribution < -0.4 is 15.4 Å². The lowest BCUT2D eigenvalue weighted by Gasteiger charge is -2.11. The summed E-state index contributed by atoms with van der Waals surface area (Å²) >= 11 is 11.8. The van der Waals surface area contributed by atoms with E-state index >= 15 is 0 Å². The Hall–Kier alpha value is -4.20. The van der Waals surface area contributed by atoms with Gasteiger partial charge in [0.1, 0.15) is 17.9 Å². The van der Waals surface area contributed by atoms with Crippen molar-refractivity contribution in [3.8, 4) is 17.2 Å². The third-order valence-corrected chi connectivity index (χ3v) is 6.44. The number of benzene rings is 4. The van der Waals surface area contributed by atoms with Crippen LogP contribution in [0.4, 0.5) is 5.69 Å². The Morgan fingerprint density at radius 2 is 1.76 bits per heavy atom. The Morgan fingerprint density at radius 3 is 2.53 bits per heavy atom. The van der Waals surface area contributed by atoms with E-state index < -0.39 is 0 Å². The summed E-state index contributed by atoms with van der Waals surface area (Å²) in [6.45, 7) is 2.54. The maximum Gasteiger partial charge on any atom is 0.257 e. The van der Waals surface area contributed by atoms with Crippen molar-refractivity contribution in [1.29, 1.82) is 0 Å². The zero-order valence-electron chi connectivity index (χ0n) is 20.5. The molecule has 0 saturated carbocycles. The number of rotatable bonds is 7. The first-order valence-electron chi connectivity index (χ1n) is 12.1. The molecule has 0 bridgehead atoms. The fourth-order valence-electron chi connectivity index (χ4n) is 3.86. The zero-order valence-corrected chi connectivity index (χ0v) is 22.1. The second kappa shape index (κ2) is 11.5. The molecule has 0 spiro atoms. The number of anilines is 1. The number of nitrogens with zero attached hydrogens (tertiary/aromatic N) is 1. The van der Waals surface area contributed by atoms with Crippen molar-refractivity contribution in [3.05, 3.63) is 113 Å². The highest BCUT2D eigenvalue weighted by molar-refractivity contribution is 7.80. The SMILES string of the molecule is CCc1ccc2oc(-c3cc(NC(=S)NC(=O)c4ccc(OCc5ccccc5)cc4)ccc3Cl)nc2c1. The molecule has 0 unspecified atom stereocenters. The molecule has 0 aliphatic rings. The number of aryl methyl sites for hydroxylation is 1. The van der Waals surface area contributed by atoms with E-state index in [9.17, 15) is 4.79 Å². The van der Waals surface area contributed by atoms with Gasteiger partial charge in [-0.2, -0.15) is 0 Å². The van der Waals surface area contributed by atoms with Crippen LogP contribution in [0, 0.1) is 0 Å². The highest BCUT2D eigenvalue weighted by Crippen LogP contribution is 2.32. The van der Waals surface area contributed by atoms with Crippen LogP contribution in [0.5, 0.6) is 5.75 Å². The topological polar surface area (TPSA) is 76.4 Å². The summed E-state index contributed by atoms with van der Waals surface area (Å²) in [5.41, 5.74) is 5.41. The average Bonchev–Trinajstić information content (AvgIpc) is 3.37. The van der Waals surface area contributed by atoms with Crippen LogP contribution in [0.1, 0.15) is 28.4 Å². The van der Waals surface area contributed by atoms with Crippen LogP contribution in [-0.4, -0.2) is 16.0 Å². The monoisotopic (exact) mass is 541 g/mol. The third kappa shape index (κ3) is 6.02. The second-order valence-corrected chi connectivity index (χ2v) is 9.39. The maximum absolute atomic E-state index is 12.7. The molecule has 0 fully saturated rings. The number of hydrogen-bond acceptors (Lipinski definition) is 5. The van der Waals surface area contributed by atoms with Crippen molar-refractivity contribution in [2.75, 3.05) is 5.32 Å². The summed E-state index contributed by atoms with van der Waals surface area (Å²) in [5, 5.41) is 6.37. The third-order valence-electron chi connectivity index (χ3n) is 5.91. The van der Waals surface area contributed by atoms with E-state index in [1.807, 2.05) is 48.5 Å². The number of hydrogen-bond donors (Lipinski definition) is 2. The lowest BCUT2D eigenvalue weighted by molar-refractivity contribution is 0.0977. The number of fused-ring (bicyclic) bond motifs is 1. The Morgan fingerprint density at radius 1 is 0.974 bits per heavy atom. The van der Waals surface area contributed by atoms with Gasteiger partial charge >= 0.3 is 0 Å². The van der Waals surface area contributed by atoms with Gasteiger partial charge in [-0.1, -0.05) is 54.9 Å². The molecule has 8 heteroatoms. The van der Waals surface area contributed by atoms with Gasteiger partial charge in [-0.25, -0.2) is 4.98 Å². The number of carbonyl (C=O) groups excluding carboxylic acids is 1. The van der Waals surface area contributed by atoms with E-state index in [0.29, 0.717) is 45.7 Å². The first-order chi connectivity index (χ1) is 18.5. The predicted octanol–water partition coefficient (Wildman–Crippen LogP) is 7.42. The number of oxazole rings is 1. The normalized spacial score (nSPS) is 10.8. The summed E-state index contributed by atoms with van der Waals surface area (Å²) in [5.74, 6) is 0.744. The van der Waals surface area contributed by atoms with Gasteiger partial charge in [0.05, 0.1) is 10.6 Å². The van der Waals surface area contributed by atoms with E-state index in [0.717, 1.165) is 17.5 Å². The van der Waals surface area contributed by atoms with E-state index in [1.165, 1.54) is 5.56 Å². The van der Waals surface area contributed by atoms with Gasteiger partial charge in [-0.15, -0.1) is 0 Å². The van der Waals surface area contributed by atoms with Crippen molar-refractivity contribution in [1.82, 2.24) is 10.3 Å². The Labute approximate surface area is 230 Å². The Balaban J connectivity index is 1.22. The van der Waals surface area contributed by atoms with Crippen molar-refractivity contribution in [3.63, 3.8) is 0 Å². The number of ether oxygens (including phenoxy) is 1. The molecule has 0 saturated heterocycles. The van der Waals surface area contributed by atoms with Crippen molar-refractivity contribution in [2.45, 2.75) is 20.0 Å². The molecule has 2 N–H and O–H groups in total. The molecular weight excluding hydrogens is 518 g/mol. The van der Waals surface area contributed by atoms with Crippen LogP contribution in [0.25, 0.3) is 22.6 Å². The minimum Gasteiger partial charge on any atom is -0.489 e. The predicted molar refractivity (Wildman–Crippen MR) is 155 cm³/mol. The second-order valence-electron chi connectivity index (χ2n) is 8.58. The molecule has 0 radical (unpaired) electrons. The summed E-state index contributed by atoms with van der Waals surface area (Å²) in [7, 11) is 0. The Bertz CT molecular complexity index is 1600. The quantitative estimate of drug-likeness (QED) is 0.209. The zero-order chi connectivity index (χ0) is 26.5. The van der Waals surface area contributed by atoms with Crippen molar-refractivity contribution in [2.24, 2.45) is 0 Å². The van der Waals surface area contributed by atoms with Crippen molar-refractivity contribution < 1.29 is 13.9 Å². The molecule has 1 aromatic heterocycles. The largest absolute Gasteiger partial charge is 0.489 e. The van der Waals surface area contributed by atoms with Gasteiger partial charge in [0.25, 0.3) is 5.91 Å². The molecule has 38 heavy (non-hydrogen) atoms. The first-order valence-corrected chi connectivity index (χ1v) is 12.9. The number of halogens is 1. The number of thiocarbonyl (C=S) groups is 1. The van der Waals surface area contributed by atoms with Gasteiger partial charge in [-0.05, 0) is 84.4 Å². The van der Waals surface area contributed by atoms with Crippen LogP contribution in [0.3, 0.4) is 0 Å². The number of nitrogens with one attached hydrogen (secondary N) is 2. The maximum atomic E-state index is 12.7. The molecule has 0 atom stereocenters. The first kappa shape index (κ1) is 25.4. The lowest BCUT2D eigenvalue weighted by atomic mass is 10.1.